The molecule has 0 atom stereocenters. The standard InChI is InChI=1S/C16H16FN5O.C2HF3O2/c1-11(2)10-22(15-6-7-19-14(9-18)20-15)21-16(23)12-4-3-5-13(17)8-12;3-2(4,5)1(6)7/h3-8,11H,10H2,1-2H3,(H,21,23);(H,6,7). The van der Waals surface area contributed by atoms with Crippen molar-refractivity contribution in [2.24, 2.45) is 5.92 Å². The molecule has 0 aliphatic rings. The number of carbonyl (C=O) groups excluding carboxylic acids is 1. The van der Waals surface area contributed by atoms with Gasteiger partial charge >= 0.3 is 12.1 Å². The molecule has 1 aromatic carbocycles. The van der Waals surface area contributed by atoms with Crippen molar-refractivity contribution < 1.29 is 32.3 Å². The maximum atomic E-state index is 13.2. The fraction of sp³-hybridized carbons (Fsp3) is 0.278. The van der Waals surface area contributed by atoms with Crippen LogP contribution in [0.15, 0.2) is 36.5 Å². The number of aromatic nitrogens is 2. The number of benzene rings is 1. The molecule has 8 nitrogen and oxygen atoms in total. The van der Waals surface area contributed by atoms with Gasteiger partial charge < -0.3 is 5.11 Å². The van der Waals surface area contributed by atoms with Gasteiger partial charge in [0.25, 0.3) is 5.91 Å². The molecule has 0 aliphatic heterocycles. The van der Waals surface area contributed by atoms with Crippen LogP contribution in [0.25, 0.3) is 0 Å². The Bertz CT molecular complexity index is 929. The summed E-state index contributed by atoms with van der Waals surface area (Å²) in [7, 11) is 0. The highest BCUT2D eigenvalue weighted by atomic mass is 19.4. The van der Waals surface area contributed by atoms with Crippen molar-refractivity contribution >= 4 is 17.7 Å². The third kappa shape index (κ3) is 8.09. The van der Waals surface area contributed by atoms with Gasteiger partial charge in [-0.25, -0.2) is 14.2 Å². The summed E-state index contributed by atoms with van der Waals surface area (Å²) >= 11 is 0. The van der Waals surface area contributed by atoms with E-state index in [0.29, 0.717) is 12.4 Å². The molecule has 30 heavy (non-hydrogen) atoms. The molecule has 0 unspecified atom stereocenters. The number of hydrazine groups is 1. The minimum absolute atomic E-state index is 0.0104. The Labute approximate surface area is 168 Å². The number of nitrogens with one attached hydrogen (secondary N) is 1. The Morgan fingerprint density at radius 2 is 1.93 bits per heavy atom. The number of hydrogen-bond acceptors (Lipinski definition) is 6. The number of nitrogens with zero attached hydrogens (tertiary/aromatic N) is 4. The molecule has 1 heterocycles. The first-order valence-electron chi connectivity index (χ1n) is 8.31. The molecule has 0 saturated heterocycles. The summed E-state index contributed by atoms with van der Waals surface area (Å²) in [5.41, 5.74) is 2.89. The Morgan fingerprint density at radius 3 is 2.43 bits per heavy atom. The third-order valence-corrected chi connectivity index (χ3v) is 3.13. The predicted octanol–water partition coefficient (Wildman–Crippen LogP) is 2.93. The lowest BCUT2D eigenvalue weighted by Gasteiger charge is -2.26. The molecule has 12 heteroatoms. The van der Waals surface area contributed by atoms with Crippen LogP contribution in [0.4, 0.5) is 23.4 Å². The van der Waals surface area contributed by atoms with E-state index in [4.69, 9.17) is 15.2 Å². The second kappa shape index (κ2) is 10.7. The molecular formula is C18H17F4N5O3. The Hall–Kier alpha value is -3.75. The van der Waals surface area contributed by atoms with Gasteiger partial charge in [-0.1, -0.05) is 19.9 Å². The van der Waals surface area contributed by atoms with Crippen LogP contribution in [-0.4, -0.2) is 39.7 Å². The van der Waals surface area contributed by atoms with Crippen molar-refractivity contribution in [3.8, 4) is 6.07 Å². The molecule has 1 aromatic heterocycles. The molecular weight excluding hydrogens is 410 g/mol. The Balaban J connectivity index is 0.000000553. The van der Waals surface area contributed by atoms with Crippen molar-refractivity contribution in [3.63, 3.8) is 0 Å². The average molecular weight is 427 g/mol. The normalized spacial score (nSPS) is 10.5. The number of hydrogen-bond donors (Lipinski definition) is 2. The average Bonchev–Trinajstić information content (AvgIpc) is 2.67. The molecule has 2 rings (SSSR count). The van der Waals surface area contributed by atoms with Gasteiger partial charge in [-0.15, -0.1) is 0 Å². The van der Waals surface area contributed by atoms with E-state index < -0.39 is 23.9 Å². The summed E-state index contributed by atoms with van der Waals surface area (Å²) in [6.07, 6.45) is -3.64. The summed E-state index contributed by atoms with van der Waals surface area (Å²) in [4.78, 5) is 29.1. The number of alkyl halides is 3. The van der Waals surface area contributed by atoms with E-state index in [2.05, 4.69) is 15.4 Å². The second-order valence-corrected chi connectivity index (χ2v) is 6.11. The molecule has 2 aromatic rings. The SMILES string of the molecule is CC(C)CN(NC(=O)c1cccc(F)c1)c1ccnc(C#N)n1.O=C(O)C(F)(F)F. The van der Waals surface area contributed by atoms with Crippen LogP contribution in [-0.2, 0) is 4.79 Å². The number of anilines is 1. The summed E-state index contributed by atoms with van der Waals surface area (Å²) in [6, 6.07) is 8.86. The number of nitriles is 1. The van der Waals surface area contributed by atoms with Crippen LogP contribution in [0.2, 0.25) is 0 Å². The number of halogens is 4. The van der Waals surface area contributed by atoms with Crippen molar-refractivity contribution in [1.82, 2.24) is 15.4 Å². The molecule has 0 aliphatic carbocycles. The van der Waals surface area contributed by atoms with Crippen LogP contribution in [0, 0.1) is 23.1 Å². The molecule has 0 radical (unpaired) electrons. The number of aliphatic carboxylic acids is 1. The topological polar surface area (TPSA) is 119 Å². The minimum atomic E-state index is -5.08. The zero-order chi connectivity index (χ0) is 22.9. The van der Waals surface area contributed by atoms with Gasteiger partial charge in [-0.2, -0.15) is 23.4 Å². The van der Waals surface area contributed by atoms with E-state index in [0.717, 1.165) is 6.07 Å². The summed E-state index contributed by atoms with van der Waals surface area (Å²) in [6.45, 7) is 4.43. The Morgan fingerprint density at radius 1 is 1.30 bits per heavy atom. The summed E-state index contributed by atoms with van der Waals surface area (Å²) in [5, 5.41) is 17.5. The highest BCUT2D eigenvalue weighted by Crippen LogP contribution is 2.13. The van der Waals surface area contributed by atoms with Crippen LogP contribution in [0.3, 0.4) is 0 Å². The van der Waals surface area contributed by atoms with E-state index in [9.17, 15) is 22.4 Å². The lowest BCUT2D eigenvalue weighted by Crippen LogP contribution is -2.45. The summed E-state index contributed by atoms with van der Waals surface area (Å²) < 4.78 is 45.0. The second-order valence-electron chi connectivity index (χ2n) is 6.11. The predicted molar refractivity (Wildman–Crippen MR) is 96.5 cm³/mol. The smallest absolute Gasteiger partial charge is 0.475 e. The monoisotopic (exact) mass is 427 g/mol. The van der Waals surface area contributed by atoms with Crippen LogP contribution in [0.5, 0.6) is 0 Å². The number of carbonyl (C=O) groups is 2. The first-order chi connectivity index (χ1) is 13.9. The molecule has 160 valence electrons. The quantitative estimate of drug-likeness (QED) is 0.556. The highest BCUT2D eigenvalue weighted by molar-refractivity contribution is 5.95. The first-order valence-corrected chi connectivity index (χ1v) is 8.31. The fourth-order valence-electron chi connectivity index (χ4n) is 1.93. The minimum Gasteiger partial charge on any atom is -0.475 e. The maximum absolute atomic E-state index is 13.2. The van der Waals surface area contributed by atoms with Crippen LogP contribution in [0.1, 0.15) is 30.0 Å². The molecule has 0 bridgehead atoms. The number of carboxylic acid groups (broad SMARTS) is 1. The number of rotatable bonds is 5. The lowest BCUT2D eigenvalue weighted by atomic mass is 10.2. The molecule has 0 fully saturated rings. The first kappa shape index (κ1) is 24.3. The van der Waals surface area contributed by atoms with Crippen molar-refractivity contribution in [2.75, 3.05) is 11.6 Å². The van der Waals surface area contributed by atoms with E-state index in [-0.39, 0.29) is 17.3 Å². The maximum Gasteiger partial charge on any atom is 0.490 e. The van der Waals surface area contributed by atoms with Crippen molar-refractivity contribution in [3.05, 3.63) is 53.7 Å². The third-order valence-electron chi connectivity index (χ3n) is 3.13. The molecule has 0 saturated carbocycles. The van der Waals surface area contributed by atoms with E-state index in [1.165, 1.54) is 29.4 Å². The number of carboxylic acids is 1. The van der Waals surface area contributed by atoms with Gasteiger partial charge in [-0.05, 0) is 24.1 Å². The van der Waals surface area contributed by atoms with Crippen molar-refractivity contribution in [1.29, 1.82) is 5.26 Å². The van der Waals surface area contributed by atoms with Gasteiger partial charge in [-0.3, -0.25) is 15.2 Å². The zero-order valence-corrected chi connectivity index (χ0v) is 15.8. The zero-order valence-electron chi connectivity index (χ0n) is 15.8. The van der Waals surface area contributed by atoms with Gasteiger partial charge in [0, 0.05) is 24.4 Å². The van der Waals surface area contributed by atoms with Crippen molar-refractivity contribution in [2.45, 2.75) is 20.0 Å². The lowest BCUT2D eigenvalue weighted by molar-refractivity contribution is -0.192. The van der Waals surface area contributed by atoms with E-state index in [1.54, 1.807) is 6.07 Å². The fourth-order valence-corrected chi connectivity index (χ4v) is 1.93. The molecule has 1 amide bonds. The van der Waals surface area contributed by atoms with Crippen LogP contribution < -0.4 is 10.4 Å². The summed E-state index contributed by atoms with van der Waals surface area (Å²) in [5.74, 6) is -3.06. The van der Waals surface area contributed by atoms with Gasteiger partial charge in [0.1, 0.15) is 11.9 Å². The number of amides is 1. The molecule has 0 spiro atoms. The van der Waals surface area contributed by atoms with E-state index >= 15 is 0 Å². The Kier molecular flexibility index (Phi) is 8.66. The van der Waals surface area contributed by atoms with Gasteiger partial charge in [0.2, 0.25) is 5.82 Å². The highest BCUT2D eigenvalue weighted by Gasteiger charge is 2.38. The van der Waals surface area contributed by atoms with E-state index in [1.807, 2.05) is 19.9 Å². The molecule has 2 N–H and O–H groups in total. The van der Waals surface area contributed by atoms with Gasteiger partial charge in [0.05, 0.1) is 0 Å². The van der Waals surface area contributed by atoms with Gasteiger partial charge in [0.15, 0.2) is 5.82 Å². The van der Waals surface area contributed by atoms with Crippen LogP contribution >= 0.6 is 0 Å². The largest absolute Gasteiger partial charge is 0.490 e.